The van der Waals surface area contributed by atoms with Gasteiger partial charge >= 0.3 is 0 Å². The molecule has 4 rings (SSSR count). The summed E-state index contributed by atoms with van der Waals surface area (Å²) in [5.41, 5.74) is 1.70. The lowest BCUT2D eigenvalue weighted by Gasteiger charge is -2.28. The predicted molar refractivity (Wildman–Crippen MR) is 107 cm³/mol. The van der Waals surface area contributed by atoms with E-state index in [2.05, 4.69) is 14.7 Å². The number of rotatable bonds is 3. The Morgan fingerprint density at radius 1 is 1.19 bits per heavy atom. The smallest absolute Gasteiger partial charge is 0.269 e. The maximum Gasteiger partial charge on any atom is 0.269 e. The molecule has 0 saturated carbocycles. The van der Waals surface area contributed by atoms with Crippen LogP contribution in [0.1, 0.15) is 24.8 Å². The SMILES string of the molecule is [C-]#[N+]c1sc2nc(-c3ccc([N+](=O)[O-])cc3)nc(N3CCCCC3)c2c1C. The predicted octanol–water partition coefficient (Wildman–Crippen LogP) is 5.12. The van der Waals surface area contributed by atoms with Crippen LogP contribution in [-0.4, -0.2) is 28.0 Å². The summed E-state index contributed by atoms with van der Waals surface area (Å²) < 4.78 is 0. The van der Waals surface area contributed by atoms with Crippen LogP contribution >= 0.6 is 11.3 Å². The van der Waals surface area contributed by atoms with Crippen LogP contribution in [0.4, 0.5) is 16.5 Å². The second kappa shape index (κ2) is 6.93. The lowest BCUT2D eigenvalue weighted by Crippen LogP contribution is -2.30. The van der Waals surface area contributed by atoms with Gasteiger partial charge in [0.25, 0.3) is 5.69 Å². The van der Waals surface area contributed by atoms with Gasteiger partial charge in [-0.3, -0.25) is 10.1 Å². The molecular formula is C19H17N5O2S. The van der Waals surface area contributed by atoms with Crippen molar-refractivity contribution in [3.63, 3.8) is 0 Å². The Bertz CT molecular complexity index is 1060. The first-order valence-electron chi connectivity index (χ1n) is 8.77. The molecule has 0 unspecified atom stereocenters. The highest BCUT2D eigenvalue weighted by molar-refractivity contribution is 7.22. The molecule has 0 N–H and O–H groups in total. The fourth-order valence-electron chi connectivity index (χ4n) is 3.41. The molecule has 0 spiro atoms. The van der Waals surface area contributed by atoms with Crippen LogP contribution in [0, 0.1) is 23.6 Å². The minimum Gasteiger partial charge on any atom is -0.356 e. The van der Waals surface area contributed by atoms with Crippen molar-refractivity contribution >= 4 is 38.1 Å². The van der Waals surface area contributed by atoms with Gasteiger partial charge in [-0.05, 0) is 43.9 Å². The van der Waals surface area contributed by atoms with E-state index in [1.165, 1.54) is 29.9 Å². The molecule has 7 nitrogen and oxygen atoms in total. The lowest BCUT2D eigenvalue weighted by atomic mass is 10.1. The van der Waals surface area contributed by atoms with Crippen molar-refractivity contribution in [1.82, 2.24) is 9.97 Å². The Kier molecular flexibility index (Phi) is 4.46. The van der Waals surface area contributed by atoms with Gasteiger partial charge in [-0.25, -0.2) is 14.8 Å². The summed E-state index contributed by atoms with van der Waals surface area (Å²) in [7, 11) is 0. The number of nitrogens with zero attached hydrogens (tertiary/aromatic N) is 5. The molecule has 3 heterocycles. The number of piperidine rings is 1. The summed E-state index contributed by atoms with van der Waals surface area (Å²) in [6.45, 7) is 11.3. The third-order valence-corrected chi connectivity index (χ3v) is 5.92. The van der Waals surface area contributed by atoms with Crippen LogP contribution in [0.2, 0.25) is 0 Å². The quantitative estimate of drug-likeness (QED) is 0.359. The molecule has 0 bridgehead atoms. The number of aromatic nitrogens is 2. The first kappa shape index (κ1) is 17.4. The van der Waals surface area contributed by atoms with Gasteiger partial charge in [0.05, 0.1) is 11.5 Å². The minimum atomic E-state index is -0.419. The average Bonchev–Trinajstić information content (AvgIpc) is 3.04. The van der Waals surface area contributed by atoms with Crippen molar-refractivity contribution < 1.29 is 4.92 Å². The van der Waals surface area contributed by atoms with E-state index in [1.807, 2.05) is 6.92 Å². The molecule has 8 heteroatoms. The third-order valence-electron chi connectivity index (χ3n) is 4.84. The number of aryl methyl sites for hydroxylation is 1. The number of benzene rings is 1. The van der Waals surface area contributed by atoms with Gasteiger partial charge in [0, 0.05) is 36.2 Å². The summed E-state index contributed by atoms with van der Waals surface area (Å²) in [6, 6.07) is 6.28. The number of nitro benzene ring substituents is 1. The molecule has 0 aliphatic carbocycles. The van der Waals surface area contributed by atoms with Crippen LogP contribution in [0.25, 0.3) is 26.4 Å². The zero-order valence-electron chi connectivity index (χ0n) is 14.8. The number of hydrogen-bond donors (Lipinski definition) is 0. The Morgan fingerprint density at radius 2 is 1.89 bits per heavy atom. The molecule has 1 saturated heterocycles. The lowest BCUT2D eigenvalue weighted by molar-refractivity contribution is -0.384. The van der Waals surface area contributed by atoms with E-state index in [4.69, 9.17) is 11.6 Å². The summed E-state index contributed by atoms with van der Waals surface area (Å²) in [6.07, 6.45) is 3.46. The van der Waals surface area contributed by atoms with Crippen LogP contribution in [0.15, 0.2) is 24.3 Å². The molecule has 2 aromatic heterocycles. The molecule has 3 aromatic rings. The van der Waals surface area contributed by atoms with Gasteiger partial charge < -0.3 is 4.90 Å². The molecule has 1 aliphatic heterocycles. The van der Waals surface area contributed by atoms with Crippen molar-refractivity contribution in [2.75, 3.05) is 18.0 Å². The molecule has 0 atom stereocenters. The monoisotopic (exact) mass is 379 g/mol. The molecular weight excluding hydrogens is 362 g/mol. The highest BCUT2D eigenvalue weighted by Gasteiger charge is 2.22. The average molecular weight is 379 g/mol. The fraction of sp³-hybridized carbons (Fsp3) is 0.316. The third kappa shape index (κ3) is 3.11. The molecule has 1 fully saturated rings. The zero-order valence-corrected chi connectivity index (χ0v) is 15.6. The van der Waals surface area contributed by atoms with E-state index in [1.54, 1.807) is 12.1 Å². The fourth-order valence-corrected chi connectivity index (χ4v) is 4.37. The maximum absolute atomic E-state index is 10.9. The van der Waals surface area contributed by atoms with Crippen LogP contribution in [0.3, 0.4) is 0 Å². The second-order valence-corrected chi connectivity index (χ2v) is 7.52. The normalized spacial score (nSPS) is 14.3. The summed E-state index contributed by atoms with van der Waals surface area (Å²) in [5.74, 6) is 1.41. The standard InChI is InChI=1S/C19H17N5O2S/c1-12-15-17(23-10-4-3-5-11-23)21-16(22-19(15)27-18(12)20-2)13-6-8-14(9-7-13)24(25)26/h6-9H,3-5,10-11H2,1H3. The summed E-state index contributed by atoms with van der Waals surface area (Å²) in [5, 5.41) is 12.5. The zero-order chi connectivity index (χ0) is 19.0. The van der Waals surface area contributed by atoms with E-state index < -0.39 is 4.92 Å². The number of non-ortho nitro benzene ring substituents is 1. The first-order valence-corrected chi connectivity index (χ1v) is 9.58. The van der Waals surface area contributed by atoms with Crippen molar-refractivity contribution in [2.24, 2.45) is 0 Å². The number of anilines is 1. The highest BCUT2D eigenvalue weighted by atomic mass is 32.1. The van der Waals surface area contributed by atoms with E-state index in [0.29, 0.717) is 10.8 Å². The van der Waals surface area contributed by atoms with Crippen molar-refractivity contribution in [1.29, 1.82) is 0 Å². The topological polar surface area (TPSA) is 76.5 Å². The van der Waals surface area contributed by atoms with E-state index >= 15 is 0 Å². The number of nitro groups is 1. The van der Waals surface area contributed by atoms with Gasteiger partial charge in [0.15, 0.2) is 5.82 Å². The molecule has 27 heavy (non-hydrogen) atoms. The molecule has 1 aliphatic rings. The Labute approximate surface area is 160 Å². The van der Waals surface area contributed by atoms with E-state index in [9.17, 15) is 10.1 Å². The van der Waals surface area contributed by atoms with Gasteiger partial charge in [0.1, 0.15) is 10.6 Å². The first-order chi connectivity index (χ1) is 13.1. The van der Waals surface area contributed by atoms with Crippen LogP contribution in [-0.2, 0) is 0 Å². The molecule has 0 amide bonds. The highest BCUT2D eigenvalue weighted by Crippen LogP contribution is 2.42. The maximum atomic E-state index is 10.9. The Hall–Kier alpha value is -3.05. The van der Waals surface area contributed by atoms with E-state index in [0.717, 1.165) is 53.1 Å². The van der Waals surface area contributed by atoms with Gasteiger partial charge in [0.2, 0.25) is 5.00 Å². The van der Waals surface area contributed by atoms with Crippen LogP contribution < -0.4 is 4.90 Å². The minimum absolute atomic E-state index is 0.0401. The van der Waals surface area contributed by atoms with Gasteiger partial charge in [-0.1, -0.05) is 0 Å². The molecule has 1 aromatic carbocycles. The summed E-state index contributed by atoms with van der Waals surface area (Å²) in [4.78, 5) is 26.7. The number of fused-ring (bicyclic) bond motifs is 1. The van der Waals surface area contributed by atoms with Crippen molar-refractivity contribution in [2.45, 2.75) is 26.2 Å². The molecule has 0 radical (unpaired) electrons. The van der Waals surface area contributed by atoms with E-state index in [-0.39, 0.29) is 5.69 Å². The Balaban J connectivity index is 1.89. The second-order valence-electron chi connectivity index (χ2n) is 6.55. The van der Waals surface area contributed by atoms with Gasteiger partial charge in [-0.15, -0.1) is 11.3 Å². The number of thiophene rings is 1. The Morgan fingerprint density at radius 3 is 2.52 bits per heavy atom. The van der Waals surface area contributed by atoms with Gasteiger partial charge in [-0.2, -0.15) is 0 Å². The van der Waals surface area contributed by atoms with Crippen LogP contribution in [0.5, 0.6) is 0 Å². The largest absolute Gasteiger partial charge is 0.356 e. The number of hydrogen-bond acceptors (Lipinski definition) is 6. The summed E-state index contributed by atoms with van der Waals surface area (Å²) >= 11 is 1.38. The molecule has 136 valence electrons. The van der Waals surface area contributed by atoms with Crippen molar-refractivity contribution in [3.8, 4) is 11.4 Å². The van der Waals surface area contributed by atoms with Crippen molar-refractivity contribution in [3.05, 3.63) is 51.4 Å².